The molecule has 0 aliphatic carbocycles. The lowest BCUT2D eigenvalue weighted by Crippen LogP contribution is -2.27. The van der Waals surface area contributed by atoms with Crippen LogP contribution in [0.4, 0.5) is 13.6 Å². The van der Waals surface area contributed by atoms with E-state index < -0.39 is 6.29 Å². The minimum absolute atomic E-state index is 0.0802. The molecule has 2 aliphatic rings. The van der Waals surface area contributed by atoms with E-state index in [1.165, 1.54) is 29.0 Å². The number of aromatic nitrogens is 1. The molecule has 4 rings (SSSR count). The zero-order chi connectivity index (χ0) is 19.0. The standard InChI is InChI=1S/C16H14F2N4O4S/c17-16(18)25-12-4-3-10(7-13(12)26-16)22-9-11(8-19-24)27-15(22)20-14(23)21-5-1-2-6-21/h3-4,7-9,24H,1-2,5-6H2. The van der Waals surface area contributed by atoms with Crippen molar-refractivity contribution in [2.45, 2.75) is 19.1 Å². The highest BCUT2D eigenvalue weighted by Crippen LogP contribution is 2.41. The molecule has 0 atom stereocenters. The van der Waals surface area contributed by atoms with Gasteiger partial charge in [0.25, 0.3) is 0 Å². The molecule has 0 spiro atoms. The first kappa shape index (κ1) is 17.5. The van der Waals surface area contributed by atoms with Gasteiger partial charge in [-0.1, -0.05) is 16.5 Å². The molecule has 2 aliphatic heterocycles. The van der Waals surface area contributed by atoms with Crippen LogP contribution in [0.1, 0.15) is 17.7 Å². The third-order valence-electron chi connectivity index (χ3n) is 4.09. The number of fused-ring (bicyclic) bond motifs is 1. The number of urea groups is 1. The lowest BCUT2D eigenvalue weighted by Gasteiger charge is -2.10. The van der Waals surface area contributed by atoms with E-state index >= 15 is 0 Å². The molecule has 0 bridgehead atoms. The fourth-order valence-corrected chi connectivity index (χ4v) is 3.74. The van der Waals surface area contributed by atoms with Crippen molar-refractivity contribution in [3.63, 3.8) is 0 Å². The highest BCUT2D eigenvalue weighted by atomic mass is 32.1. The molecule has 2 amide bonds. The molecular formula is C16H14F2N4O4S. The fourth-order valence-electron chi connectivity index (χ4n) is 2.89. The van der Waals surface area contributed by atoms with Crippen molar-refractivity contribution in [1.29, 1.82) is 0 Å². The van der Waals surface area contributed by atoms with Gasteiger partial charge in [0.1, 0.15) is 0 Å². The maximum Gasteiger partial charge on any atom is 0.586 e. The number of nitrogens with zero attached hydrogens (tertiary/aromatic N) is 4. The highest BCUT2D eigenvalue weighted by molar-refractivity contribution is 7.11. The zero-order valence-electron chi connectivity index (χ0n) is 13.8. The number of hydrogen-bond acceptors (Lipinski definition) is 6. The molecule has 0 unspecified atom stereocenters. The van der Waals surface area contributed by atoms with Crippen LogP contribution in [0.15, 0.2) is 34.5 Å². The summed E-state index contributed by atoms with van der Waals surface area (Å²) in [6.07, 6.45) is 0.931. The van der Waals surface area contributed by atoms with Crippen LogP contribution in [-0.2, 0) is 0 Å². The highest BCUT2D eigenvalue weighted by Gasteiger charge is 2.43. The first-order valence-electron chi connectivity index (χ1n) is 8.09. The average molecular weight is 396 g/mol. The molecule has 1 aromatic carbocycles. The van der Waals surface area contributed by atoms with Gasteiger partial charge in [-0.15, -0.1) is 8.78 Å². The number of hydrogen-bond donors (Lipinski definition) is 1. The Kier molecular flexibility index (Phi) is 4.30. The topological polar surface area (TPSA) is 88.6 Å². The minimum Gasteiger partial charge on any atom is -0.411 e. The van der Waals surface area contributed by atoms with Crippen molar-refractivity contribution >= 4 is 23.6 Å². The van der Waals surface area contributed by atoms with Crippen LogP contribution in [-0.4, -0.2) is 46.3 Å². The Labute approximate surface area is 155 Å². The van der Waals surface area contributed by atoms with Gasteiger partial charge in [0, 0.05) is 25.4 Å². The minimum atomic E-state index is -3.71. The maximum atomic E-state index is 13.2. The van der Waals surface area contributed by atoms with Gasteiger partial charge in [0.2, 0.25) is 0 Å². The first-order chi connectivity index (χ1) is 12.9. The van der Waals surface area contributed by atoms with Gasteiger partial charge in [-0.05, 0) is 25.0 Å². The smallest absolute Gasteiger partial charge is 0.411 e. The molecule has 8 nitrogen and oxygen atoms in total. The Hall–Kier alpha value is -2.95. The molecule has 0 radical (unpaired) electrons. The largest absolute Gasteiger partial charge is 0.586 e. The molecule has 142 valence electrons. The number of likely N-dealkylation sites (tertiary alicyclic amines) is 1. The van der Waals surface area contributed by atoms with Gasteiger partial charge in [0.15, 0.2) is 16.3 Å². The molecule has 2 aromatic rings. The van der Waals surface area contributed by atoms with Crippen LogP contribution in [0.2, 0.25) is 0 Å². The zero-order valence-corrected chi connectivity index (χ0v) is 14.7. The van der Waals surface area contributed by atoms with Gasteiger partial charge in [-0.25, -0.2) is 4.79 Å². The van der Waals surface area contributed by atoms with Crippen LogP contribution in [0.3, 0.4) is 0 Å². The van der Waals surface area contributed by atoms with Gasteiger partial charge in [-0.3, -0.25) is 4.57 Å². The summed E-state index contributed by atoms with van der Waals surface area (Å²) in [5.41, 5.74) is 0.442. The Balaban J connectivity index is 1.75. The number of alkyl halides is 2. The summed E-state index contributed by atoms with van der Waals surface area (Å²) >= 11 is 1.12. The molecule has 1 saturated heterocycles. The van der Waals surface area contributed by atoms with E-state index in [4.69, 9.17) is 5.21 Å². The van der Waals surface area contributed by atoms with Gasteiger partial charge < -0.3 is 19.6 Å². The summed E-state index contributed by atoms with van der Waals surface area (Å²) in [4.78, 5) is 19.0. The maximum absolute atomic E-state index is 13.2. The summed E-state index contributed by atoms with van der Waals surface area (Å²) in [7, 11) is 0. The molecular weight excluding hydrogens is 382 g/mol. The Morgan fingerprint density at radius 3 is 2.74 bits per heavy atom. The molecule has 1 N–H and O–H groups in total. The molecule has 11 heteroatoms. The van der Waals surface area contributed by atoms with E-state index in [-0.39, 0.29) is 17.5 Å². The lowest BCUT2D eigenvalue weighted by molar-refractivity contribution is -0.286. The number of benzene rings is 1. The SMILES string of the molecule is O=C(N=c1sc(C=NO)cn1-c1ccc2c(c1)OC(F)(F)O2)N1CCCC1. The van der Waals surface area contributed by atoms with Gasteiger partial charge in [-0.2, -0.15) is 4.99 Å². The molecule has 3 heterocycles. The second-order valence-corrected chi connectivity index (χ2v) is 6.96. The molecule has 1 fully saturated rings. The number of oxime groups is 1. The predicted octanol–water partition coefficient (Wildman–Crippen LogP) is 2.78. The monoisotopic (exact) mass is 396 g/mol. The van der Waals surface area contributed by atoms with E-state index in [0.717, 1.165) is 24.2 Å². The van der Waals surface area contributed by atoms with Crippen LogP contribution in [0.5, 0.6) is 11.5 Å². The number of ether oxygens (including phenoxy) is 2. The Bertz CT molecular complexity index is 979. The third-order valence-corrected chi connectivity index (χ3v) is 5.00. The Morgan fingerprint density at radius 1 is 1.26 bits per heavy atom. The van der Waals surface area contributed by atoms with Crippen LogP contribution >= 0.6 is 11.3 Å². The lowest BCUT2D eigenvalue weighted by atomic mass is 10.3. The summed E-state index contributed by atoms with van der Waals surface area (Å²) < 4.78 is 36.9. The van der Waals surface area contributed by atoms with E-state index in [2.05, 4.69) is 19.6 Å². The van der Waals surface area contributed by atoms with Crippen molar-refractivity contribution in [2.75, 3.05) is 13.1 Å². The average Bonchev–Trinajstić information content (AvgIpc) is 3.31. The van der Waals surface area contributed by atoms with Crippen molar-refractivity contribution in [2.24, 2.45) is 10.1 Å². The van der Waals surface area contributed by atoms with E-state index in [0.29, 0.717) is 28.5 Å². The van der Waals surface area contributed by atoms with Gasteiger partial charge in [0.05, 0.1) is 16.8 Å². The van der Waals surface area contributed by atoms with E-state index in [9.17, 15) is 13.6 Å². The van der Waals surface area contributed by atoms with Crippen LogP contribution in [0, 0.1) is 0 Å². The van der Waals surface area contributed by atoms with Crippen LogP contribution < -0.4 is 14.3 Å². The number of rotatable bonds is 2. The summed E-state index contributed by atoms with van der Waals surface area (Å²) in [6, 6.07) is 3.88. The van der Waals surface area contributed by atoms with Gasteiger partial charge >= 0.3 is 12.3 Å². The Morgan fingerprint density at radius 2 is 2.00 bits per heavy atom. The first-order valence-corrected chi connectivity index (χ1v) is 8.91. The summed E-state index contributed by atoms with van der Waals surface area (Å²) in [5, 5.41) is 11.7. The normalized spacial score (nSPS) is 18.6. The van der Waals surface area contributed by atoms with Crippen molar-refractivity contribution < 1.29 is 28.3 Å². The van der Waals surface area contributed by atoms with Crippen molar-refractivity contribution in [3.8, 4) is 17.2 Å². The summed E-state index contributed by atoms with van der Waals surface area (Å²) in [5.74, 6) is -0.200. The van der Waals surface area contributed by atoms with E-state index in [1.54, 1.807) is 11.1 Å². The number of carbonyl (C=O) groups is 1. The second-order valence-electron chi connectivity index (χ2n) is 5.92. The molecule has 1 aromatic heterocycles. The fraction of sp³-hybridized carbons (Fsp3) is 0.312. The number of carbonyl (C=O) groups excluding carboxylic acids is 1. The summed E-state index contributed by atoms with van der Waals surface area (Å²) in [6.45, 7) is 1.30. The predicted molar refractivity (Wildman–Crippen MR) is 91.0 cm³/mol. The molecule has 27 heavy (non-hydrogen) atoms. The number of thiazole rings is 1. The number of amides is 2. The quantitative estimate of drug-likeness (QED) is 0.480. The second kappa shape index (κ2) is 6.65. The third kappa shape index (κ3) is 3.50. The van der Waals surface area contributed by atoms with E-state index in [1.807, 2.05) is 0 Å². The number of halogens is 2. The van der Waals surface area contributed by atoms with Crippen molar-refractivity contribution in [1.82, 2.24) is 9.47 Å². The molecule has 0 saturated carbocycles. The van der Waals surface area contributed by atoms with Crippen LogP contribution in [0.25, 0.3) is 5.69 Å². The van der Waals surface area contributed by atoms with Crippen molar-refractivity contribution in [3.05, 3.63) is 34.1 Å².